The summed E-state index contributed by atoms with van der Waals surface area (Å²) < 4.78 is 0. The molecule has 0 amide bonds. The van der Waals surface area contributed by atoms with E-state index in [4.69, 9.17) is 12.2 Å². The molecule has 0 radical (unpaired) electrons. The number of nitrogens with one attached hydrogen (secondary N) is 2. The number of benzene rings is 2. The highest BCUT2D eigenvalue weighted by molar-refractivity contribution is 7.80. The van der Waals surface area contributed by atoms with Gasteiger partial charge in [0, 0.05) is 11.3 Å². The third-order valence-electron chi connectivity index (χ3n) is 3.12. The fourth-order valence-electron chi connectivity index (χ4n) is 1.94. The molecular formula is C16H17N3O3S. The molecule has 0 saturated carbocycles. The number of hydrogen-bond acceptors (Lipinski definition) is 5. The van der Waals surface area contributed by atoms with Crippen LogP contribution in [0.5, 0.6) is 17.2 Å². The zero-order chi connectivity index (χ0) is 17.0. The van der Waals surface area contributed by atoms with Crippen molar-refractivity contribution in [2.45, 2.75) is 13.8 Å². The first-order valence-corrected chi connectivity index (χ1v) is 7.21. The number of nitrogens with zero attached hydrogens (tertiary/aromatic N) is 1. The predicted molar refractivity (Wildman–Crippen MR) is 94.2 cm³/mol. The van der Waals surface area contributed by atoms with Gasteiger partial charge in [-0.15, -0.1) is 0 Å². The van der Waals surface area contributed by atoms with Crippen molar-refractivity contribution in [1.82, 2.24) is 5.43 Å². The SMILES string of the molecule is CC(=NNC(=S)Nc1cccc(C)c1)c1ccc(O)c(O)c1O. The summed E-state index contributed by atoms with van der Waals surface area (Å²) in [5, 5.41) is 36.0. The minimum absolute atomic E-state index is 0.283. The second kappa shape index (κ2) is 6.97. The summed E-state index contributed by atoms with van der Waals surface area (Å²) in [7, 11) is 0. The molecule has 5 N–H and O–H groups in total. The standard InChI is InChI=1S/C16H17N3O3S/c1-9-4-3-5-11(8-9)17-16(23)19-18-10(2)12-6-7-13(20)15(22)14(12)21/h3-8,20-22H,1-2H3,(H2,17,19,23). The van der Waals surface area contributed by atoms with E-state index in [2.05, 4.69) is 15.8 Å². The van der Waals surface area contributed by atoms with Gasteiger partial charge in [-0.1, -0.05) is 12.1 Å². The number of anilines is 1. The summed E-state index contributed by atoms with van der Waals surface area (Å²) in [5.74, 6) is -1.42. The molecule has 6 nitrogen and oxygen atoms in total. The number of phenols is 3. The van der Waals surface area contributed by atoms with Crippen LogP contribution < -0.4 is 10.7 Å². The number of rotatable bonds is 3. The topological polar surface area (TPSA) is 97.1 Å². The van der Waals surface area contributed by atoms with E-state index in [1.165, 1.54) is 12.1 Å². The fraction of sp³-hybridized carbons (Fsp3) is 0.125. The highest BCUT2D eigenvalue weighted by Crippen LogP contribution is 2.37. The van der Waals surface area contributed by atoms with Gasteiger partial charge in [-0.2, -0.15) is 5.10 Å². The number of aromatic hydroxyl groups is 3. The Morgan fingerprint density at radius 2 is 1.83 bits per heavy atom. The van der Waals surface area contributed by atoms with Crippen LogP contribution in [0.15, 0.2) is 41.5 Å². The molecule has 2 aromatic carbocycles. The summed E-state index contributed by atoms with van der Waals surface area (Å²) in [4.78, 5) is 0. The first-order chi connectivity index (χ1) is 10.9. The second-order valence-corrected chi connectivity index (χ2v) is 5.37. The summed E-state index contributed by atoms with van der Waals surface area (Å²) in [6.45, 7) is 3.61. The zero-order valence-corrected chi connectivity index (χ0v) is 13.5. The monoisotopic (exact) mass is 331 g/mol. The molecule has 0 bridgehead atoms. The number of thiocarbonyl (C=S) groups is 1. The van der Waals surface area contributed by atoms with Crippen LogP contribution in [0.2, 0.25) is 0 Å². The van der Waals surface area contributed by atoms with Crippen LogP contribution in [0.1, 0.15) is 18.1 Å². The van der Waals surface area contributed by atoms with Crippen molar-refractivity contribution in [3.05, 3.63) is 47.5 Å². The van der Waals surface area contributed by atoms with Crippen molar-refractivity contribution in [1.29, 1.82) is 0 Å². The lowest BCUT2D eigenvalue weighted by atomic mass is 10.1. The van der Waals surface area contributed by atoms with E-state index < -0.39 is 17.2 Å². The van der Waals surface area contributed by atoms with Gasteiger partial charge < -0.3 is 20.6 Å². The van der Waals surface area contributed by atoms with Crippen molar-refractivity contribution in [3.63, 3.8) is 0 Å². The molecule has 120 valence electrons. The van der Waals surface area contributed by atoms with Crippen LogP contribution >= 0.6 is 12.2 Å². The number of aryl methyl sites for hydroxylation is 1. The molecule has 0 aliphatic rings. The van der Waals surface area contributed by atoms with Gasteiger partial charge in [0.1, 0.15) is 0 Å². The van der Waals surface area contributed by atoms with E-state index >= 15 is 0 Å². The lowest BCUT2D eigenvalue weighted by Crippen LogP contribution is -2.25. The molecule has 7 heteroatoms. The van der Waals surface area contributed by atoms with Gasteiger partial charge in [0.2, 0.25) is 5.75 Å². The average molecular weight is 331 g/mol. The Hall–Kier alpha value is -2.80. The Morgan fingerprint density at radius 1 is 1.09 bits per heavy atom. The van der Waals surface area contributed by atoms with Crippen LogP contribution in [0.25, 0.3) is 0 Å². The molecule has 0 aliphatic carbocycles. The molecule has 0 saturated heterocycles. The Morgan fingerprint density at radius 3 is 2.52 bits per heavy atom. The number of hydrazone groups is 1. The van der Waals surface area contributed by atoms with Crippen LogP contribution in [0, 0.1) is 6.92 Å². The molecule has 0 atom stereocenters. The molecule has 0 aliphatic heterocycles. The lowest BCUT2D eigenvalue weighted by molar-refractivity contribution is 0.367. The Balaban J connectivity index is 2.07. The van der Waals surface area contributed by atoms with Gasteiger partial charge in [-0.25, -0.2) is 0 Å². The predicted octanol–water partition coefficient (Wildman–Crippen LogP) is 2.82. The van der Waals surface area contributed by atoms with Crippen molar-refractivity contribution in [2.24, 2.45) is 5.10 Å². The van der Waals surface area contributed by atoms with E-state index in [1.807, 2.05) is 31.2 Å². The lowest BCUT2D eigenvalue weighted by Gasteiger charge is -2.10. The summed E-state index contributed by atoms with van der Waals surface area (Å²) in [6.07, 6.45) is 0. The number of phenolic OH excluding ortho intramolecular Hbond substituents is 3. The molecule has 0 fully saturated rings. The van der Waals surface area contributed by atoms with Gasteiger partial charge >= 0.3 is 0 Å². The normalized spacial score (nSPS) is 11.1. The quantitative estimate of drug-likeness (QED) is 0.257. The minimum atomic E-state index is -0.586. The minimum Gasteiger partial charge on any atom is -0.504 e. The molecule has 2 rings (SSSR count). The van der Waals surface area contributed by atoms with E-state index in [9.17, 15) is 15.3 Å². The van der Waals surface area contributed by atoms with Gasteiger partial charge in [-0.3, -0.25) is 5.43 Å². The largest absolute Gasteiger partial charge is 0.504 e. The number of hydrogen-bond donors (Lipinski definition) is 5. The highest BCUT2D eigenvalue weighted by Gasteiger charge is 2.13. The Labute approximate surface area is 139 Å². The summed E-state index contributed by atoms with van der Waals surface area (Å²) >= 11 is 5.15. The van der Waals surface area contributed by atoms with Crippen LogP contribution in [-0.2, 0) is 0 Å². The first kappa shape index (κ1) is 16.6. The van der Waals surface area contributed by atoms with Crippen molar-refractivity contribution >= 4 is 28.7 Å². The summed E-state index contributed by atoms with van der Waals surface area (Å²) in [5.41, 5.74) is 5.27. The Bertz CT molecular complexity index is 775. The fourth-order valence-corrected chi connectivity index (χ4v) is 2.10. The first-order valence-electron chi connectivity index (χ1n) is 6.80. The third kappa shape index (κ3) is 4.10. The zero-order valence-electron chi connectivity index (χ0n) is 12.7. The smallest absolute Gasteiger partial charge is 0.200 e. The van der Waals surface area contributed by atoms with Crippen LogP contribution in [0.4, 0.5) is 5.69 Å². The molecule has 0 aromatic heterocycles. The molecule has 23 heavy (non-hydrogen) atoms. The van der Waals surface area contributed by atoms with Crippen LogP contribution in [0.3, 0.4) is 0 Å². The molecule has 0 heterocycles. The molecular weight excluding hydrogens is 314 g/mol. The van der Waals surface area contributed by atoms with Gasteiger partial charge in [-0.05, 0) is 55.9 Å². The highest BCUT2D eigenvalue weighted by atomic mass is 32.1. The van der Waals surface area contributed by atoms with Gasteiger partial charge in [0.05, 0.1) is 5.71 Å². The maximum atomic E-state index is 9.81. The molecule has 0 unspecified atom stereocenters. The van der Waals surface area contributed by atoms with E-state index in [0.29, 0.717) is 5.71 Å². The van der Waals surface area contributed by atoms with Crippen LogP contribution in [-0.4, -0.2) is 26.1 Å². The Kier molecular flexibility index (Phi) is 5.02. The summed E-state index contributed by atoms with van der Waals surface area (Å²) in [6, 6.07) is 10.4. The van der Waals surface area contributed by atoms with Gasteiger partial charge in [0.15, 0.2) is 16.6 Å². The second-order valence-electron chi connectivity index (χ2n) is 4.96. The average Bonchev–Trinajstić information content (AvgIpc) is 2.50. The van der Waals surface area contributed by atoms with Crippen molar-refractivity contribution in [2.75, 3.05) is 5.32 Å². The van der Waals surface area contributed by atoms with Gasteiger partial charge in [0.25, 0.3) is 0 Å². The van der Waals surface area contributed by atoms with E-state index in [0.717, 1.165) is 11.3 Å². The molecule has 0 spiro atoms. The maximum Gasteiger partial charge on any atom is 0.200 e. The van der Waals surface area contributed by atoms with Crippen molar-refractivity contribution < 1.29 is 15.3 Å². The maximum absolute atomic E-state index is 9.81. The van der Waals surface area contributed by atoms with Crippen molar-refractivity contribution in [3.8, 4) is 17.2 Å². The van der Waals surface area contributed by atoms with E-state index in [1.54, 1.807) is 6.92 Å². The molecule has 2 aromatic rings. The third-order valence-corrected chi connectivity index (χ3v) is 3.31. The van der Waals surface area contributed by atoms with E-state index in [-0.39, 0.29) is 10.7 Å².